The standard InChI is InChI=1S/C26H23NO6/c1-15-7-6-8-16(13-15)23-22(24(29)17-11-12-20(32-2)21(14-17)33-3)25(30)26(31)27(23)18-9-4-5-10-19(18)28/h4-14,23,28-29H,1-3H3/b24-22-. The van der Waals surface area contributed by atoms with Crippen LogP contribution in [0.1, 0.15) is 22.7 Å². The van der Waals surface area contributed by atoms with Crippen LogP contribution in [0, 0.1) is 6.92 Å². The van der Waals surface area contributed by atoms with E-state index < -0.39 is 17.7 Å². The number of ketones is 1. The third kappa shape index (κ3) is 3.78. The molecule has 33 heavy (non-hydrogen) atoms. The third-order valence-corrected chi connectivity index (χ3v) is 5.60. The number of benzene rings is 3. The van der Waals surface area contributed by atoms with Gasteiger partial charge in [0.05, 0.1) is 31.5 Å². The number of aliphatic hydroxyl groups is 1. The fourth-order valence-corrected chi connectivity index (χ4v) is 4.04. The summed E-state index contributed by atoms with van der Waals surface area (Å²) in [5, 5.41) is 21.7. The van der Waals surface area contributed by atoms with Gasteiger partial charge in [-0.2, -0.15) is 0 Å². The minimum Gasteiger partial charge on any atom is -0.507 e. The number of phenolic OH excluding ortho intramolecular Hbond substituents is 1. The Bertz CT molecular complexity index is 1280. The van der Waals surface area contributed by atoms with E-state index >= 15 is 0 Å². The molecule has 4 rings (SSSR count). The Labute approximate surface area is 191 Å². The number of aryl methyl sites for hydroxylation is 1. The molecule has 7 nitrogen and oxygen atoms in total. The highest BCUT2D eigenvalue weighted by Gasteiger charge is 2.47. The van der Waals surface area contributed by atoms with Gasteiger partial charge in [-0.3, -0.25) is 14.5 Å². The average Bonchev–Trinajstić information content (AvgIpc) is 3.08. The number of para-hydroxylation sites is 2. The molecule has 1 amide bonds. The van der Waals surface area contributed by atoms with Gasteiger partial charge in [-0.15, -0.1) is 0 Å². The Morgan fingerprint density at radius 3 is 2.30 bits per heavy atom. The summed E-state index contributed by atoms with van der Waals surface area (Å²) in [4.78, 5) is 27.6. The Morgan fingerprint density at radius 2 is 1.64 bits per heavy atom. The lowest BCUT2D eigenvalue weighted by Crippen LogP contribution is -2.29. The Morgan fingerprint density at radius 1 is 0.909 bits per heavy atom. The van der Waals surface area contributed by atoms with Crippen LogP contribution < -0.4 is 14.4 Å². The molecule has 1 aliphatic heterocycles. The van der Waals surface area contributed by atoms with Gasteiger partial charge in [0.2, 0.25) is 0 Å². The van der Waals surface area contributed by atoms with E-state index in [-0.39, 0.29) is 22.8 Å². The van der Waals surface area contributed by atoms with Gasteiger partial charge in [0.1, 0.15) is 11.5 Å². The fraction of sp³-hybridized carbons (Fsp3) is 0.154. The second-order valence-electron chi connectivity index (χ2n) is 7.64. The van der Waals surface area contributed by atoms with E-state index in [4.69, 9.17) is 9.47 Å². The van der Waals surface area contributed by atoms with Crippen molar-refractivity contribution in [2.75, 3.05) is 19.1 Å². The number of aliphatic hydroxyl groups excluding tert-OH is 1. The first-order chi connectivity index (χ1) is 15.9. The molecular formula is C26H23NO6. The summed E-state index contributed by atoms with van der Waals surface area (Å²) >= 11 is 0. The molecule has 1 atom stereocenters. The maximum atomic E-state index is 13.2. The summed E-state index contributed by atoms with van der Waals surface area (Å²) in [5.41, 5.74) is 1.93. The van der Waals surface area contributed by atoms with E-state index in [1.54, 1.807) is 36.4 Å². The number of nitrogens with zero attached hydrogens (tertiary/aromatic N) is 1. The van der Waals surface area contributed by atoms with Crippen molar-refractivity contribution in [1.82, 2.24) is 0 Å². The summed E-state index contributed by atoms with van der Waals surface area (Å²) in [6.45, 7) is 1.89. The number of ether oxygens (including phenoxy) is 2. The van der Waals surface area contributed by atoms with Crippen LogP contribution in [0.4, 0.5) is 5.69 Å². The molecule has 168 valence electrons. The lowest BCUT2D eigenvalue weighted by atomic mass is 9.94. The molecule has 3 aromatic carbocycles. The van der Waals surface area contributed by atoms with Crippen molar-refractivity contribution in [3.63, 3.8) is 0 Å². The highest BCUT2D eigenvalue weighted by atomic mass is 16.5. The van der Waals surface area contributed by atoms with Crippen molar-refractivity contribution in [2.45, 2.75) is 13.0 Å². The van der Waals surface area contributed by atoms with Crippen LogP contribution >= 0.6 is 0 Å². The topological polar surface area (TPSA) is 96.3 Å². The second kappa shape index (κ2) is 8.70. The number of aromatic hydroxyl groups is 1. The first-order valence-electron chi connectivity index (χ1n) is 10.2. The smallest absolute Gasteiger partial charge is 0.300 e. The van der Waals surface area contributed by atoms with E-state index in [0.717, 1.165) is 5.56 Å². The lowest BCUT2D eigenvalue weighted by Gasteiger charge is -2.26. The number of carbonyl (C=O) groups excluding carboxylic acids is 2. The lowest BCUT2D eigenvalue weighted by molar-refractivity contribution is -0.132. The number of amides is 1. The summed E-state index contributed by atoms with van der Waals surface area (Å²) < 4.78 is 10.6. The van der Waals surface area contributed by atoms with Gasteiger partial charge < -0.3 is 19.7 Å². The number of methoxy groups -OCH3 is 2. The third-order valence-electron chi connectivity index (χ3n) is 5.60. The van der Waals surface area contributed by atoms with Crippen molar-refractivity contribution in [3.05, 3.63) is 89.0 Å². The number of carbonyl (C=O) groups is 2. The number of hydrogen-bond acceptors (Lipinski definition) is 6. The van der Waals surface area contributed by atoms with Gasteiger partial charge in [-0.1, -0.05) is 42.0 Å². The predicted octanol–water partition coefficient (Wildman–Crippen LogP) is 4.34. The molecule has 0 radical (unpaired) electrons. The second-order valence-corrected chi connectivity index (χ2v) is 7.64. The van der Waals surface area contributed by atoms with Crippen molar-refractivity contribution in [3.8, 4) is 17.2 Å². The summed E-state index contributed by atoms with van der Waals surface area (Å²) in [6.07, 6.45) is 0. The molecule has 0 spiro atoms. The van der Waals surface area contributed by atoms with Crippen LogP contribution in [-0.4, -0.2) is 36.1 Å². The first kappa shape index (κ1) is 22.0. The Kier molecular flexibility index (Phi) is 5.79. The fourth-order valence-electron chi connectivity index (χ4n) is 4.04. The van der Waals surface area contributed by atoms with Gasteiger partial charge in [0, 0.05) is 5.56 Å². The van der Waals surface area contributed by atoms with E-state index in [2.05, 4.69) is 0 Å². The Balaban J connectivity index is 1.97. The molecule has 0 saturated carbocycles. The highest BCUT2D eigenvalue weighted by molar-refractivity contribution is 6.51. The van der Waals surface area contributed by atoms with Crippen molar-refractivity contribution in [2.24, 2.45) is 0 Å². The molecule has 7 heteroatoms. The molecule has 1 heterocycles. The molecule has 1 aliphatic rings. The largest absolute Gasteiger partial charge is 0.507 e. The summed E-state index contributed by atoms with van der Waals surface area (Å²) in [7, 11) is 2.96. The van der Waals surface area contributed by atoms with Crippen molar-refractivity contribution >= 4 is 23.1 Å². The van der Waals surface area contributed by atoms with Crippen molar-refractivity contribution < 1.29 is 29.3 Å². The van der Waals surface area contributed by atoms with Crippen LogP contribution in [-0.2, 0) is 9.59 Å². The minimum atomic E-state index is -0.939. The maximum absolute atomic E-state index is 13.2. The zero-order valence-corrected chi connectivity index (χ0v) is 18.4. The molecule has 0 bridgehead atoms. The molecule has 2 N–H and O–H groups in total. The van der Waals surface area contributed by atoms with E-state index in [1.807, 2.05) is 25.1 Å². The SMILES string of the molecule is COc1ccc(/C(O)=C2/C(=O)C(=O)N(c3ccccc3O)C2c2cccc(C)c2)cc1OC. The molecular weight excluding hydrogens is 422 g/mol. The van der Waals surface area contributed by atoms with Crippen LogP contribution in [0.25, 0.3) is 5.76 Å². The number of phenols is 1. The molecule has 1 fully saturated rings. The van der Waals surface area contributed by atoms with Crippen LogP contribution in [0.5, 0.6) is 17.2 Å². The van der Waals surface area contributed by atoms with Crippen molar-refractivity contribution in [1.29, 1.82) is 0 Å². The van der Waals surface area contributed by atoms with Crippen LogP contribution in [0.2, 0.25) is 0 Å². The number of hydrogen-bond donors (Lipinski definition) is 2. The monoisotopic (exact) mass is 445 g/mol. The number of Topliss-reactive ketones (excluding diaryl/α,β-unsaturated/α-hetero) is 1. The van der Waals surface area contributed by atoms with Gasteiger partial charge in [-0.25, -0.2) is 0 Å². The summed E-state index contributed by atoms with van der Waals surface area (Å²) in [5.74, 6) is -1.37. The number of anilines is 1. The molecule has 1 saturated heterocycles. The molecule has 3 aromatic rings. The zero-order chi connectivity index (χ0) is 23.7. The Hall–Kier alpha value is -4.26. The normalized spacial score (nSPS) is 17.3. The van der Waals surface area contributed by atoms with E-state index in [9.17, 15) is 19.8 Å². The average molecular weight is 445 g/mol. The van der Waals surface area contributed by atoms with Gasteiger partial charge >= 0.3 is 0 Å². The van der Waals surface area contributed by atoms with E-state index in [1.165, 1.54) is 31.3 Å². The van der Waals surface area contributed by atoms with Gasteiger partial charge in [0.15, 0.2) is 11.5 Å². The highest BCUT2D eigenvalue weighted by Crippen LogP contribution is 2.45. The molecule has 0 aromatic heterocycles. The quantitative estimate of drug-likeness (QED) is 0.345. The van der Waals surface area contributed by atoms with Gasteiger partial charge in [-0.05, 0) is 42.8 Å². The van der Waals surface area contributed by atoms with Crippen LogP contribution in [0.3, 0.4) is 0 Å². The molecule has 0 aliphatic carbocycles. The van der Waals surface area contributed by atoms with E-state index in [0.29, 0.717) is 22.6 Å². The first-order valence-corrected chi connectivity index (χ1v) is 10.2. The zero-order valence-electron chi connectivity index (χ0n) is 18.4. The number of rotatable bonds is 5. The molecule has 1 unspecified atom stereocenters. The minimum absolute atomic E-state index is 0.0823. The predicted molar refractivity (Wildman–Crippen MR) is 124 cm³/mol. The van der Waals surface area contributed by atoms with Crippen LogP contribution in [0.15, 0.2) is 72.3 Å². The van der Waals surface area contributed by atoms with Gasteiger partial charge in [0.25, 0.3) is 11.7 Å². The summed E-state index contributed by atoms with van der Waals surface area (Å²) in [6, 6.07) is 17.4. The maximum Gasteiger partial charge on any atom is 0.300 e.